The summed E-state index contributed by atoms with van der Waals surface area (Å²) in [7, 11) is 1.28. The molecule has 1 aromatic heterocycles. The number of furan rings is 1. The molecule has 1 heterocycles. The lowest BCUT2D eigenvalue weighted by atomic mass is 10.1. The summed E-state index contributed by atoms with van der Waals surface area (Å²) in [6, 6.07) is 9.53. The van der Waals surface area contributed by atoms with Crippen molar-refractivity contribution in [2.24, 2.45) is 0 Å². The highest BCUT2D eigenvalue weighted by atomic mass is 79.9. The average molecular weight is 418 g/mol. The number of carbonyl (C=O) groups excluding carboxylic acids is 1. The van der Waals surface area contributed by atoms with Crippen LogP contribution in [-0.4, -0.2) is 22.9 Å². The standard InChI is InChI=1S/C18H12BrNO6/c1-25-17-7-10(6-13(18(17)22)20(23)24)2-4-14(21)16-9-11-8-12(19)3-5-15(11)26-16/h2-9,22H,1H3/b4-2+. The summed E-state index contributed by atoms with van der Waals surface area (Å²) >= 11 is 3.35. The molecule has 0 amide bonds. The van der Waals surface area contributed by atoms with Crippen LogP contribution in [0, 0.1) is 10.1 Å². The Morgan fingerprint density at radius 3 is 2.77 bits per heavy atom. The summed E-state index contributed by atoms with van der Waals surface area (Å²) in [4.78, 5) is 22.6. The number of allylic oxidation sites excluding steroid dienone is 1. The third-order valence-corrected chi connectivity index (χ3v) is 4.14. The van der Waals surface area contributed by atoms with E-state index >= 15 is 0 Å². The van der Waals surface area contributed by atoms with Crippen LogP contribution in [-0.2, 0) is 0 Å². The van der Waals surface area contributed by atoms with E-state index in [4.69, 9.17) is 9.15 Å². The first-order chi connectivity index (χ1) is 12.4. The van der Waals surface area contributed by atoms with Gasteiger partial charge in [-0.3, -0.25) is 14.9 Å². The number of hydrogen-bond donors (Lipinski definition) is 1. The SMILES string of the molecule is COc1cc(/C=C/C(=O)c2cc3cc(Br)ccc3o2)cc([N+](=O)[O-])c1O. The molecule has 3 aromatic rings. The molecular formula is C18H12BrNO6. The van der Waals surface area contributed by atoms with Gasteiger partial charge in [0.2, 0.25) is 11.5 Å². The Kier molecular flexibility index (Phi) is 4.77. The van der Waals surface area contributed by atoms with Crippen LogP contribution in [0.5, 0.6) is 11.5 Å². The van der Waals surface area contributed by atoms with E-state index in [1.165, 1.54) is 25.3 Å². The Hall–Kier alpha value is -3.13. The highest BCUT2D eigenvalue weighted by Gasteiger charge is 2.19. The lowest BCUT2D eigenvalue weighted by Gasteiger charge is -2.05. The maximum Gasteiger partial charge on any atom is 0.315 e. The van der Waals surface area contributed by atoms with Gasteiger partial charge in [-0.1, -0.05) is 22.0 Å². The van der Waals surface area contributed by atoms with Crippen LogP contribution < -0.4 is 4.74 Å². The third-order valence-electron chi connectivity index (χ3n) is 3.64. The number of aromatic hydroxyl groups is 1. The van der Waals surface area contributed by atoms with Gasteiger partial charge in [0.1, 0.15) is 5.58 Å². The number of halogens is 1. The van der Waals surface area contributed by atoms with Crippen molar-refractivity contribution in [1.29, 1.82) is 0 Å². The quantitative estimate of drug-likeness (QED) is 0.279. The van der Waals surface area contributed by atoms with Crippen LogP contribution in [0.3, 0.4) is 0 Å². The van der Waals surface area contributed by atoms with Crippen molar-refractivity contribution in [3.05, 3.63) is 68.4 Å². The van der Waals surface area contributed by atoms with Gasteiger partial charge in [0.25, 0.3) is 0 Å². The molecule has 7 nitrogen and oxygen atoms in total. The number of nitrogens with zero attached hydrogens (tertiary/aromatic N) is 1. The first-order valence-corrected chi connectivity index (χ1v) is 8.15. The number of carbonyl (C=O) groups is 1. The predicted molar refractivity (Wildman–Crippen MR) is 98.6 cm³/mol. The van der Waals surface area contributed by atoms with Crippen LogP contribution in [0.25, 0.3) is 17.0 Å². The lowest BCUT2D eigenvalue weighted by Crippen LogP contribution is -1.94. The van der Waals surface area contributed by atoms with Crippen LogP contribution in [0.15, 0.2) is 51.4 Å². The molecule has 0 aliphatic heterocycles. The van der Waals surface area contributed by atoms with Crippen molar-refractivity contribution in [3.8, 4) is 11.5 Å². The number of nitro groups is 1. The molecule has 0 spiro atoms. The zero-order chi connectivity index (χ0) is 18.8. The summed E-state index contributed by atoms with van der Waals surface area (Å²) in [5.74, 6) is -0.870. The number of fused-ring (bicyclic) bond motifs is 1. The molecule has 26 heavy (non-hydrogen) atoms. The van der Waals surface area contributed by atoms with Gasteiger partial charge in [-0.05, 0) is 42.0 Å². The van der Waals surface area contributed by atoms with Gasteiger partial charge in [-0.2, -0.15) is 0 Å². The molecule has 0 aliphatic rings. The van der Waals surface area contributed by atoms with Gasteiger partial charge in [0.15, 0.2) is 11.5 Å². The van der Waals surface area contributed by atoms with Gasteiger partial charge in [-0.15, -0.1) is 0 Å². The Bertz CT molecular complexity index is 1050. The van der Waals surface area contributed by atoms with E-state index in [-0.39, 0.29) is 11.5 Å². The summed E-state index contributed by atoms with van der Waals surface area (Å²) in [5.41, 5.74) is 0.399. The fourth-order valence-electron chi connectivity index (χ4n) is 2.39. The number of ketones is 1. The molecule has 132 valence electrons. The van der Waals surface area contributed by atoms with Crippen LogP contribution in [0.2, 0.25) is 0 Å². The van der Waals surface area contributed by atoms with Gasteiger partial charge in [0, 0.05) is 15.9 Å². The van der Waals surface area contributed by atoms with E-state index in [1.54, 1.807) is 18.2 Å². The Morgan fingerprint density at radius 2 is 2.08 bits per heavy atom. The van der Waals surface area contributed by atoms with E-state index < -0.39 is 22.1 Å². The Balaban J connectivity index is 1.92. The average Bonchev–Trinajstić information content (AvgIpc) is 3.03. The summed E-state index contributed by atoms with van der Waals surface area (Å²) in [6.45, 7) is 0. The molecule has 3 rings (SSSR count). The number of ether oxygens (including phenoxy) is 1. The van der Waals surface area contributed by atoms with E-state index in [2.05, 4.69) is 15.9 Å². The van der Waals surface area contributed by atoms with Crippen LogP contribution >= 0.6 is 15.9 Å². The first kappa shape index (κ1) is 17.7. The van der Waals surface area contributed by atoms with Crippen molar-refractivity contribution in [1.82, 2.24) is 0 Å². The smallest absolute Gasteiger partial charge is 0.315 e. The minimum absolute atomic E-state index is 0.0557. The molecule has 0 unspecified atom stereocenters. The van der Waals surface area contributed by atoms with Crippen molar-refractivity contribution in [2.75, 3.05) is 7.11 Å². The second-order valence-electron chi connectivity index (χ2n) is 5.34. The topological polar surface area (TPSA) is 103 Å². The molecule has 0 aliphatic carbocycles. The van der Waals surface area contributed by atoms with E-state index in [9.17, 15) is 20.0 Å². The number of phenolic OH excluding ortho intramolecular Hbond substituents is 1. The normalized spacial score (nSPS) is 11.2. The number of benzene rings is 2. The number of methoxy groups -OCH3 is 1. The minimum Gasteiger partial charge on any atom is -0.500 e. The molecule has 0 radical (unpaired) electrons. The van der Waals surface area contributed by atoms with Crippen molar-refractivity contribution >= 4 is 44.4 Å². The molecule has 0 bridgehead atoms. The second kappa shape index (κ2) is 7.01. The van der Waals surface area contributed by atoms with Gasteiger partial charge in [-0.25, -0.2) is 0 Å². The lowest BCUT2D eigenvalue weighted by molar-refractivity contribution is -0.386. The summed E-state index contributed by atoms with van der Waals surface area (Å²) < 4.78 is 11.3. The molecule has 1 N–H and O–H groups in total. The molecular weight excluding hydrogens is 406 g/mol. The summed E-state index contributed by atoms with van der Waals surface area (Å²) in [5, 5.41) is 21.6. The number of nitro benzene ring substituents is 1. The summed E-state index contributed by atoms with van der Waals surface area (Å²) in [6.07, 6.45) is 2.63. The van der Waals surface area contributed by atoms with Crippen molar-refractivity contribution in [3.63, 3.8) is 0 Å². The molecule has 0 atom stereocenters. The van der Waals surface area contributed by atoms with Crippen LogP contribution in [0.4, 0.5) is 5.69 Å². The molecule has 0 fully saturated rings. The molecule has 8 heteroatoms. The zero-order valence-electron chi connectivity index (χ0n) is 13.4. The largest absolute Gasteiger partial charge is 0.500 e. The zero-order valence-corrected chi connectivity index (χ0v) is 15.0. The molecule has 0 saturated heterocycles. The van der Waals surface area contributed by atoms with Crippen LogP contribution in [0.1, 0.15) is 16.1 Å². The monoisotopic (exact) mass is 417 g/mol. The fourth-order valence-corrected chi connectivity index (χ4v) is 2.77. The van der Waals surface area contributed by atoms with E-state index in [1.807, 2.05) is 6.07 Å². The highest BCUT2D eigenvalue weighted by Crippen LogP contribution is 2.37. The molecule has 2 aromatic carbocycles. The van der Waals surface area contributed by atoms with Crippen molar-refractivity contribution < 1.29 is 24.0 Å². The number of phenols is 1. The highest BCUT2D eigenvalue weighted by molar-refractivity contribution is 9.10. The number of rotatable bonds is 5. The van der Waals surface area contributed by atoms with E-state index in [0.717, 1.165) is 15.9 Å². The fraction of sp³-hybridized carbons (Fsp3) is 0.0556. The third kappa shape index (κ3) is 3.45. The van der Waals surface area contributed by atoms with E-state index in [0.29, 0.717) is 11.1 Å². The molecule has 0 saturated carbocycles. The Labute approximate surface area is 155 Å². The minimum atomic E-state index is -0.728. The Morgan fingerprint density at radius 1 is 1.31 bits per heavy atom. The van der Waals surface area contributed by atoms with Crippen molar-refractivity contribution in [2.45, 2.75) is 0 Å². The number of hydrogen-bond acceptors (Lipinski definition) is 6. The van der Waals surface area contributed by atoms with Gasteiger partial charge >= 0.3 is 5.69 Å². The second-order valence-corrected chi connectivity index (χ2v) is 6.25. The maximum absolute atomic E-state index is 12.3. The predicted octanol–water partition coefficient (Wildman–Crippen LogP) is 4.71. The van der Waals surface area contributed by atoms with Gasteiger partial charge in [0.05, 0.1) is 12.0 Å². The maximum atomic E-state index is 12.3. The first-order valence-electron chi connectivity index (χ1n) is 7.36. The van der Waals surface area contributed by atoms with Gasteiger partial charge < -0.3 is 14.3 Å².